The molecule has 1 unspecified atom stereocenters. The van der Waals surface area contributed by atoms with Crippen molar-refractivity contribution in [3.63, 3.8) is 0 Å². The first-order valence-electron chi connectivity index (χ1n) is 6.20. The second-order valence-corrected chi connectivity index (χ2v) is 5.45. The van der Waals surface area contributed by atoms with E-state index in [0.717, 1.165) is 23.1 Å². The lowest BCUT2D eigenvalue weighted by atomic mass is 10.1. The molecule has 1 atom stereocenters. The molecular weight excluding hydrogens is 276 g/mol. The van der Waals surface area contributed by atoms with Gasteiger partial charge in [-0.3, -0.25) is 4.90 Å². The van der Waals surface area contributed by atoms with E-state index in [1.807, 2.05) is 18.2 Å². The van der Waals surface area contributed by atoms with Gasteiger partial charge in [-0.25, -0.2) is 0 Å². The van der Waals surface area contributed by atoms with E-state index in [9.17, 15) is 5.26 Å². The second kappa shape index (κ2) is 6.18. The molecule has 0 aromatic heterocycles. The number of hydrogen-bond acceptors (Lipinski definition) is 2. The maximum Gasteiger partial charge on any atom is 0.123 e. The topological polar surface area (TPSA) is 27.0 Å². The monoisotopic (exact) mass is 292 g/mol. The summed E-state index contributed by atoms with van der Waals surface area (Å²) in [4.78, 5) is 2.31. The Bertz CT molecular complexity index is 403. The Morgan fingerprint density at radius 3 is 2.47 bits per heavy atom. The summed E-state index contributed by atoms with van der Waals surface area (Å²) in [5.41, 5.74) is 1.10. The molecule has 0 amide bonds. The van der Waals surface area contributed by atoms with E-state index >= 15 is 0 Å². The minimum Gasteiger partial charge on any atom is -0.284 e. The molecule has 1 aromatic carbocycles. The predicted octanol–water partition coefficient (Wildman–Crippen LogP) is 3.89. The molecule has 0 aliphatic carbocycles. The number of hydrogen-bond donors (Lipinski definition) is 0. The molecule has 1 aromatic rings. The van der Waals surface area contributed by atoms with Gasteiger partial charge < -0.3 is 0 Å². The van der Waals surface area contributed by atoms with Gasteiger partial charge in [-0.05, 0) is 43.6 Å². The smallest absolute Gasteiger partial charge is 0.123 e. The lowest BCUT2D eigenvalue weighted by Gasteiger charge is -2.25. The van der Waals surface area contributed by atoms with Crippen LogP contribution in [0, 0.1) is 11.3 Å². The zero-order valence-corrected chi connectivity index (χ0v) is 11.5. The van der Waals surface area contributed by atoms with Crippen molar-refractivity contribution >= 4 is 15.9 Å². The highest BCUT2D eigenvalue weighted by Gasteiger charge is 2.20. The number of nitrogens with zero attached hydrogens (tertiary/aromatic N) is 2. The van der Waals surface area contributed by atoms with Crippen molar-refractivity contribution in [2.75, 3.05) is 13.1 Å². The molecule has 0 spiro atoms. The standard InChI is InChI=1S/C14H17BrN2/c15-13-7-5-6-12(10-13)14(11-16)17-8-3-1-2-4-9-17/h5-7,10,14H,1-4,8-9H2. The maximum absolute atomic E-state index is 9.41. The van der Waals surface area contributed by atoms with Crippen LogP contribution in [0.2, 0.25) is 0 Å². The highest BCUT2D eigenvalue weighted by Crippen LogP contribution is 2.25. The largest absolute Gasteiger partial charge is 0.284 e. The minimum atomic E-state index is -0.0920. The van der Waals surface area contributed by atoms with Crippen LogP contribution in [0.25, 0.3) is 0 Å². The number of halogens is 1. The van der Waals surface area contributed by atoms with Crippen molar-refractivity contribution < 1.29 is 0 Å². The molecule has 0 bridgehead atoms. The molecule has 1 saturated heterocycles. The third-order valence-electron chi connectivity index (χ3n) is 3.29. The van der Waals surface area contributed by atoms with E-state index < -0.39 is 0 Å². The van der Waals surface area contributed by atoms with Gasteiger partial charge in [0.2, 0.25) is 0 Å². The summed E-state index contributed by atoms with van der Waals surface area (Å²) < 4.78 is 1.05. The van der Waals surface area contributed by atoms with E-state index in [0.29, 0.717) is 0 Å². The molecular formula is C14H17BrN2. The van der Waals surface area contributed by atoms with Crippen LogP contribution < -0.4 is 0 Å². The summed E-state index contributed by atoms with van der Waals surface area (Å²) >= 11 is 3.47. The van der Waals surface area contributed by atoms with Crippen LogP contribution in [-0.2, 0) is 0 Å². The summed E-state index contributed by atoms with van der Waals surface area (Å²) in [6, 6.07) is 10.5. The number of nitriles is 1. The first-order valence-corrected chi connectivity index (χ1v) is 6.99. The molecule has 2 nitrogen and oxygen atoms in total. The third-order valence-corrected chi connectivity index (χ3v) is 3.79. The Labute approximate surface area is 111 Å². The predicted molar refractivity (Wildman–Crippen MR) is 72.5 cm³/mol. The summed E-state index contributed by atoms with van der Waals surface area (Å²) in [5.74, 6) is 0. The molecule has 1 aliphatic heterocycles. The van der Waals surface area contributed by atoms with E-state index in [1.54, 1.807) is 0 Å². The van der Waals surface area contributed by atoms with Crippen molar-refractivity contribution in [1.82, 2.24) is 4.90 Å². The van der Waals surface area contributed by atoms with Gasteiger partial charge in [-0.2, -0.15) is 5.26 Å². The van der Waals surface area contributed by atoms with E-state index in [2.05, 4.69) is 33.0 Å². The molecule has 0 N–H and O–H groups in total. The number of benzene rings is 1. The third kappa shape index (κ3) is 3.31. The molecule has 90 valence electrons. The molecule has 0 saturated carbocycles. The van der Waals surface area contributed by atoms with Crippen molar-refractivity contribution in [2.24, 2.45) is 0 Å². The first-order chi connectivity index (χ1) is 8.31. The van der Waals surface area contributed by atoms with Crippen LogP contribution in [-0.4, -0.2) is 18.0 Å². The van der Waals surface area contributed by atoms with Gasteiger partial charge >= 0.3 is 0 Å². The molecule has 0 radical (unpaired) electrons. The van der Waals surface area contributed by atoms with Crippen LogP contribution in [0.3, 0.4) is 0 Å². The summed E-state index contributed by atoms with van der Waals surface area (Å²) in [7, 11) is 0. The van der Waals surface area contributed by atoms with Gasteiger partial charge in [0.15, 0.2) is 0 Å². The van der Waals surface area contributed by atoms with Gasteiger partial charge in [0.05, 0.1) is 6.07 Å². The molecule has 1 aliphatic rings. The average molecular weight is 293 g/mol. The normalized spacial score (nSPS) is 19.3. The van der Waals surface area contributed by atoms with Gasteiger partial charge in [0.1, 0.15) is 6.04 Å². The fourth-order valence-electron chi connectivity index (χ4n) is 2.40. The Kier molecular flexibility index (Phi) is 4.58. The van der Waals surface area contributed by atoms with E-state index in [-0.39, 0.29) is 6.04 Å². The lowest BCUT2D eigenvalue weighted by molar-refractivity contribution is 0.245. The van der Waals surface area contributed by atoms with E-state index in [4.69, 9.17) is 0 Å². The Balaban J connectivity index is 2.18. The molecule has 3 heteroatoms. The van der Waals surface area contributed by atoms with Crippen molar-refractivity contribution in [2.45, 2.75) is 31.7 Å². The summed E-state index contributed by atoms with van der Waals surface area (Å²) in [6.07, 6.45) is 5.03. The van der Waals surface area contributed by atoms with Gasteiger partial charge in [-0.15, -0.1) is 0 Å². The molecule has 2 rings (SSSR count). The fraction of sp³-hybridized carbons (Fsp3) is 0.500. The molecule has 17 heavy (non-hydrogen) atoms. The van der Waals surface area contributed by atoms with Crippen LogP contribution in [0.15, 0.2) is 28.7 Å². The minimum absolute atomic E-state index is 0.0920. The lowest BCUT2D eigenvalue weighted by Crippen LogP contribution is -2.28. The van der Waals surface area contributed by atoms with Crippen molar-refractivity contribution in [3.05, 3.63) is 34.3 Å². The van der Waals surface area contributed by atoms with Crippen LogP contribution >= 0.6 is 15.9 Å². The first kappa shape index (κ1) is 12.6. The zero-order chi connectivity index (χ0) is 12.1. The number of likely N-dealkylation sites (tertiary alicyclic amines) is 1. The molecule has 1 heterocycles. The number of rotatable bonds is 2. The van der Waals surface area contributed by atoms with Crippen molar-refractivity contribution in [3.8, 4) is 6.07 Å². The maximum atomic E-state index is 9.41. The Morgan fingerprint density at radius 2 is 1.88 bits per heavy atom. The summed E-state index contributed by atoms with van der Waals surface area (Å²) in [6.45, 7) is 2.09. The highest BCUT2D eigenvalue weighted by molar-refractivity contribution is 9.10. The Morgan fingerprint density at radius 1 is 1.18 bits per heavy atom. The quantitative estimate of drug-likeness (QED) is 0.827. The zero-order valence-electron chi connectivity index (χ0n) is 9.90. The highest BCUT2D eigenvalue weighted by atomic mass is 79.9. The fourth-order valence-corrected chi connectivity index (χ4v) is 2.81. The van der Waals surface area contributed by atoms with E-state index in [1.165, 1.54) is 25.7 Å². The SMILES string of the molecule is N#CC(c1cccc(Br)c1)N1CCCCCC1. The van der Waals surface area contributed by atoms with Gasteiger partial charge in [0, 0.05) is 4.47 Å². The van der Waals surface area contributed by atoms with Crippen LogP contribution in [0.4, 0.5) is 0 Å². The molecule has 1 fully saturated rings. The average Bonchev–Trinajstić information content (AvgIpc) is 2.59. The van der Waals surface area contributed by atoms with Crippen LogP contribution in [0.1, 0.15) is 37.3 Å². The van der Waals surface area contributed by atoms with Gasteiger partial charge in [-0.1, -0.05) is 40.9 Å². The summed E-state index contributed by atoms with van der Waals surface area (Å²) in [5, 5.41) is 9.41. The second-order valence-electron chi connectivity index (χ2n) is 4.54. The van der Waals surface area contributed by atoms with Crippen LogP contribution in [0.5, 0.6) is 0 Å². The Hall–Kier alpha value is -0.850. The van der Waals surface area contributed by atoms with Gasteiger partial charge in [0.25, 0.3) is 0 Å². The van der Waals surface area contributed by atoms with Crippen molar-refractivity contribution in [1.29, 1.82) is 5.26 Å².